The minimum atomic E-state index is -0.233. The summed E-state index contributed by atoms with van der Waals surface area (Å²) in [6.45, 7) is 0.602. The van der Waals surface area contributed by atoms with E-state index in [0.29, 0.717) is 39.6 Å². The summed E-state index contributed by atoms with van der Waals surface area (Å²) < 4.78 is 6.94. The number of benzene rings is 2. The predicted octanol–water partition coefficient (Wildman–Crippen LogP) is 4.61. The fourth-order valence-electron chi connectivity index (χ4n) is 3.07. The first kappa shape index (κ1) is 22.4. The van der Waals surface area contributed by atoms with Crippen molar-refractivity contribution < 1.29 is 4.74 Å². The predicted molar refractivity (Wildman–Crippen MR) is 126 cm³/mol. The third-order valence-corrected chi connectivity index (χ3v) is 6.25. The molecule has 0 unspecified atom stereocenters. The molecule has 10 heteroatoms. The van der Waals surface area contributed by atoms with Gasteiger partial charge in [0.1, 0.15) is 5.75 Å². The Bertz CT molecular complexity index is 1250. The van der Waals surface area contributed by atoms with Crippen molar-refractivity contribution in [3.63, 3.8) is 0 Å². The Labute approximate surface area is 198 Å². The van der Waals surface area contributed by atoms with Crippen molar-refractivity contribution in [2.24, 2.45) is 0 Å². The summed E-state index contributed by atoms with van der Waals surface area (Å²) in [6.07, 6.45) is 2.25. The molecule has 0 bridgehead atoms. The van der Waals surface area contributed by atoms with Crippen LogP contribution in [0.5, 0.6) is 5.75 Å². The van der Waals surface area contributed by atoms with E-state index >= 15 is 0 Å². The van der Waals surface area contributed by atoms with Crippen molar-refractivity contribution in [2.45, 2.75) is 23.9 Å². The molecule has 32 heavy (non-hydrogen) atoms. The van der Waals surface area contributed by atoms with Crippen molar-refractivity contribution in [3.05, 3.63) is 97.6 Å². The van der Waals surface area contributed by atoms with Gasteiger partial charge in [0.2, 0.25) is 0 Å². The number of rotatable bonds is 8. The molecular weight excluding hydrogens is 469 g/mol. The van der Waals surface area contributed by atoms with Crippen LogP contribution in [-0.4, -0.2) is 32.1 Å². The Balaban J connectivity index is 1.41. The second-order valence-electron chi connectivity index (χ2n) is 6.96. The molecule has 2 aromatic carbocycles. The number of nitrogens with one attached hydrogen (secondary N) is 1. The normalized spacial score (nSPS) is 11.0. The number of aromatic amines is 1. The second kappa shape index (κ2) is 10.2. The third-order valence-electron chi connectivity index (χ3n) is 4.64. The maximum Gasteiger partial charge on any atom is 0.251 e. The van der Waals surface area contributed by atoms with E-state index in [1.54, 1.807) is 30.0 Å². The molecule has 4 rings (SSSR count). The van der Waals surface area contributed by atoms with Gasteiger partial charge in [-0.1, -0.05) is 58.4 Å². The Morgan fingerprint density at radius 1 is 1.09 bits per heavy atom. The SMILES string of the molecule is COc1ccc(Cn2cc(CSc3nc(Cc4c(Cl)cccc4Cl)cc(=O)[nH]3)nn2)cc1. The number of hydrogen-bond acceptors (Lipinski definition) is 6. The fourth-order valence-corrected chi connectivity index (χ4v) is 4.37. The summed E-state index contributed by atoms with van der Waals surface area (Å²) in [4.78, 5) is 19.4. The summed E-state index contributed by atoms with van der Waals surface area (Å²) in [6, 6.07) is 14.6. The van der Waals surface area contributed by atoms with E-state index < -0.39 is 0 Å². The molecule has 7 nitrogen and oxygen atoms in total. The standard InChI is InChI=1S/C22H19Cl2N5O2S/c1-31-17-7-5-14(6-8-17)11-29-12-16(27-28-29)13-32-22-25-15(10-21(30)26-22)9-18-19(23)3-2-4-20(18)24/h2-8,10,12H,9,11,13H2,1H3,(H,25,26,30). The van der Waals surface area contributed by atoms with E-state index in [9.17, 15) is 4.79 Å². The van der Waals surface area contributed by atoms with E-state index in [1.807, 2.05) is 30.5 Å². The van der Waals surface area contributed by atoms with E-state index in [1.165, 1.54) is 17.8 Å². The van der Waals surface area contributed by atoms with Crippen LogP contribution >= 0.6 is 35.0 Å². The van der Waals surface area contributed by atoms with Gasteiger partial charge in [0.25, 0.3) is 5.56 Å². The van der Waals surface area contributed by atoms with E-state index in [4.69, 9.17) is 27.9 Å². The topological polar surface area (TPSA) is 85.7 Å². The molecule has 0 aliphatic carbocycles. The summed E-state index contributed by atoms with van der Waals surface area (Å²) >= 11 is 13.9. The Morgan fingerprint density at radius 3 is 2.56 bits per heavy atom. The molecule has 0 atom stereocenters. The number of aromatic nitrogens is 5. The zero-order valence-electron chi connectivity index (χ0n) is 17.1. The highest BCUT2D eigenvalue weighted by Gasteiger charge is 2.11. The molecule has 164 valence electrons. The van der Waals surface area contributed by atoms with Crippen LogP contribution in [0.3, 0.4) is 0 Å². The van der Waals surface area contributed by atoms with E-state index in [-0.39, 0.29) is 5.56 Å². The summed E-state index contributed by atoms with van der Waals surface area (Å²) in [5.41, 5.74) is 2.97. The number of ether oxygens (including phenoxy) is 1. The lowest BCUT2D eigenvalue weighted by molar-refractivity contribution is 0.414. The molecule has 0 amide bonds. The van der Waals surface area contributed by atoms with Crippen LogP contribution in [0, 0.1) is 0 Å². The number of H-pyrrole nitrogens is 1. The third kappa shape index (κ3) is 5.70. The zero-order chi connectivity index (χ0) is 22.5. The van der Waals surface area contributed by atoms with Gasteiger partial charge in [-0.15, -0.1) is 5.10 Å². The molecule has 0 fully saturated rings. The smallest absolute Gasteiger partial charge is 0.251 e. The Hall–Kier alpha value is -2.81. The molecular formula is C22H19Cl2N5O2S. The number of halogens is 2. The minimum absolute atomic E-state index is 0.233. The van der Waals surface area contributed by atoms with Gasteiger partial charge in [-0.25, -0.2) is 9.67 Å². The molecule has 0 radical (unpaired) electrons. The van der Waals surface area contributed by atoms with Crippen molar-refractivity contribution in [3.8, 4) is 5.75 Å². The van der Waals surface area contributed by atoms with Gasteiger partial charge in [0.15, 0.2) is 5.16 Å². The molecule has 4 aromatic rings. The van der Waals surface area contributed by atoms with Crippen molar-refractivity contribution in [1.29, 1.82) is 0 Å². The monoisotopic (exact) mass is 487 g/mol. The van der Waals surface area contributed by atoms with Crippen LogP contribution in [0.4, 0.5) is 0 Å². The molecule has 0 saturated heterocycles. The number of hydrogen-bond donors (Lipinski definition) is 1. The number of nitrogens with zero attached hydrogens (tertiary/aromatic N) is 4. The molecule has 0 aliphatic heterocycles. The molecule has 2 heterocycles. The van der Waals surface area contributed by atoms with Gasteiger partial charge in [0.05, 0.1) is 25.0 Å². The van der Waals surface area contributed by atoms with Crippen molar-refractivity contribution >= 4 is 35.0 Å². The molecule has 0 aliphatic rings. The lowest BCUT2D eigenvalue weighted by Crippen LogP contribution is -2.10. The first-order chi connectivity index (χ1) is 15.5. The number of thioether (sulfide) groups is 1. The average molecular weight is 488 g/mol. The molecule has 2 aromatic heterocycles. The zero-order valence-corrected chi connectivity index (χ0v) is 19.4. The van der Waals surface area contributed by atoms with Crippen LogP contribution in [0.25, 0.3) is 0 Å². The van der Waals surface area contributed by atoms with Crippen LogP contribution in [0.2, 0.25) is 10.0 Å². The maximum absolute atomic E-state index is 12.1. The van der Waals surface area contributed by atoms with Gasteiger partial charge < -0.3 is 9.72 Å². The lowest BCUT2D eigenvalue weighted by Gasteiger charge is -2.07. The fraction of sp³-hybridized carbons (Fsp3) is 0.182. The highest BCUT2D eigenvalue weighted by molar-refractivity contribution is 7.98. The maximum atomic E-state index is 12.1. The minimum Gasteiger partial charge on any atom is -0.497 e. The van der Waals surface area contributed by atoms with Gasteiger partial charge in [-0.3, -0.25) is 4.79 Å². The Kier molecular flexibility index (Phi) is 7.14. The van der Waals surface area contributed by atoms with Gasteiger partial charge >= 0.3 is 0 Å². The first-order valence-electron chi connectivity index (χ1n) is 9.68. The highest BCUT2D eigenvalue weighted by atomic mass is 35.5. The second-order valence-corrected chi connectivity index (χ2v) is 8.74. The van der Waals surface area contributed by atoms with Crippen molar-refractivity contribution in [1.82, 2.24) is 25.0 Å². The van der Waals surface area contributed by atoms with Crippen LogP contribution in [-0.2, 0) is 18.7 Å². The van der Waals surface area contributed by atoms with Gasteiger partial charge in [-0.2, -0.15) is 0 Å². The molecule has 0 saturated carbocycles. The van der Waals surface area contributed by atoms with Crippen LogP contribution in [0.1, 0.15) is 22.5 Å². The molecule has 0 spiro atoms. The largest absolute Gasteiger partial charge is 0.497 e. The quantitative estimate of drug-likeness (QED) is 0.288. The summed E-state index contributed by atoms with van der Waals surface area (Å²) in [5.74, 6) is 1.33. The Morgan fingerprint density at radius 2 is 1.84 bits per heavy atom. The molecule has 1 N–H and O–H groups in total. The lowest BCUT2D eigenvalue weighted by atomic mass is 10.1. The van der Waals surface area contributed by atoms with Crippen molar-refractivity contribution in [2.75, 3.05) is 7.11 Å². The summed E-state index contributed by atoms with van der Waals surface area (Å²) in [7, 11) is 1.64. The van der Waals surface area contributed by atoms with Gasteiger partial charge in [0, 0.05) is 34.5 Å². The van der Waals surface area contributed by atoms with Crippen LogP contribution < -0.4 is 10.3 Å². The average Bonchev–Trinajstić information content (AvgIpc) is 3.22. The van der Waals surface area contributed by atoms with Crippen LogP contribution in [0.15, 0.2) is 64.7 Å². The summed E-state index contributed by atoms with van der Waals surface area (Å²) in [5, 5.41) is 9.97. The number of methoxy groups -OCH3 is 1. The highest BCUT2D eigenvalue weighted by Crippen LogP contribution is 2.26. The van der Waals surface area contributed by atoms with E-state index in [0.717, 1.165) is 22.6 Å². The van der Waals surface area contributed by atoms with E-state index in [2.05, 4.69) is 20.3 Å². The van der Waals surface area contributed by atoms with Gasteiger partial charge in [-0.05, 0) is 35.4 Å². The first-order valence-corrected chi connectivity index (χ1v) is 11.4.